The van der Waals surface area contributed by atoms with E-state index in [1.165, 1.54) is 21.9 Å². The van der Waals surface area contributed by atoms with E-state index in [-0.39, 0.29) is 5.41 Å². The maximum Gasteiger partial charge on any atom is 0.0270 e. The number of hydrogen-bond donors (Lipinski definition) is 1. The van der Waals surface area contributed by atoms with Crippen LogP contribution in [0.15, 0.2) is 67.0 Å². The molecule has 0 aliphatic carbocycles. The fraction of sp³-hybridized carbons (Fsp3) is 0.211. The van der Waals surface area contributed by atoms with Crippen LogP contribution in [0, 0.1) is 0 Å². The van der Waals surface area contributed by atoms with Crippen LogP contribution in [0.2, 0.25) is 0 Å². The molecule has 0 fully saturated rings. The van der Waals surface area contributed by atoms with Gasteiger partial charge in [-0.3, -0.25) is 4.98 Å². The molecule has 0 saturated carbocycles. The number of nitrogens with zero attached hydrogens (tertiary/aromatic N) is 1. The Morgan fingerprint density at radius 1 is 0.952 bits per heavy atom. The lowest BCUT2D eigenvalue weighted by molar-refractivity contribution is 0.481. The Labute approximate surface area is 125 Å². The van der Waals surface area contributed by atoms with Crippen LogP contribution in [0.4, 0.5) is 0 Å². The Morgan fingerprint density at radius 2 is 1.67 bits per heavy atom. The molecule has 0 saturated heterocycles. The van der Waals surface area contributed by atoms with Crippen molar-refractivity contribution in [1.29, 1.82) is 0 Å². The summed E-state index contributed by atoms with van der Waals surface area (Å²) >= 11 is 0. The Kier molecular flexibility index (Phi) is 3.72. The van der Waals surface area contributed by atoms with E-state index in [0.717, 1.165) is 6.42 Å². The van der Waals surface area contributed by atoms with Crippen LogP contribution >= 0.6 is 0 Å². The minimum absolute atomic E-state index is 0.0641. The van der Waals surface area contributed by atoms with E-state index >= 15 is 0 Å². The predicted octanol–water partition coefficient (Wildman–Crippen LogP) is 3.69. The summed E-state index contributed by atoms with van der Waals surface area (Å²) in [6.07, 6.45) is 4.60. The van der Waals surface area contributed by atoms with Crippen molar-refractivity contribution in [1.82, 2.24) is 4.98 Å². The van der Waals surface area contributed by atoms with Gasteiger partial charge in [0, 0.05) is 24.4 Å². The van der Waals surface area contributed by atoms with Crippen molar-refractivity contribution in [3.05, 3.63) is 78.1 Å². The van der Waals surface area contributed by atoms with Gasteiger partial charge in [-0.05, 0) is 40.5 Å². The largest absolute Gasteiger partial charge is 0.330 e. The fourth-order valence-electron chi connectivity index (χ4n) is 2.81. The average Bonchev–Trinajstić information content (AvgIpc) is 2.55. The van der Waals surface area contributed by atoms with Crippen LogP contribution in [-0.2, 0) is 11.8 Å². The number of aromatic nitrogens is 1. The standard InChI is InChI=1S/C19H20N2/c1-19(14-20,13-15-8-10-21-11-9-15)18-7-6-16-4-2-3-5-17(16)12-18/h2-12H,13-14,20H2,1H3. The predicted molar refractivity (Wildman–Crippen MR) is 88.3 cm³/mol. The number of fused-ring (bicyclic) bond motifs is 1. The van der Waals surface area contributed by atoms with E-state index in [1.54, 1.807) is 0 Å². The SMILES string of the molecule is CC(CN)(Cc1ccncc1)c1ccc2ccccc2c1. The minimum atomic E-state index is -0.0641. The third kappa shape index (κ3) is 2.81. The zero-order chi connectivity index (χ0) is 14.7. The first kappa shape index (κ1) is 13.8. The van der Waals surface area contributed by atoms with E-state index in [0.29, 0.717) is 6.54 Å². The van der Waals surface area contributed by atoms with E-state index in [2.05, 4.69) is 66.5 Å². The third-order valence-electron chi connectivity index (χ3n) is 4.24. The van der Waals surface area contributed by atoms with Crippen LogP contribution in [0.25, 0.3) is 10.8 Å². The van der Waals surface area contributed by atoms with Gasteiger partial charge in [-0.15, -0.1) is 0 Å². The van der Waals surface area contributed by atoms with Crippen molar-refractivity contribution >= 4 is 10.8 Å². The van der Waals surface area contributed by atoms with Gasteiger partial charge in [0.1, 0.15) is 0 Å². The molecule has 2 nitrogen and oxygen atoms in total. The fourth-order valence-corrected chi connectivity index (χ4v) is 2.81. The molecule has 0 aliphatic rings. The van der Waals surface area contributed by atoms with Gasteiger partial charge in [0.15, 0.2) is 0 Å². The Hall–Kier alpha value is -2.19. The molecule has 1 aromatic heterocycles. The number of pyridine rings is 1. The van der Waals surface area contributed by atoms with Crippen molar-refractivity contribution in [3.63, 3.8) is 0 Å². The summed E-state index contributed by atoms with van der Waals surface area (Å²) < 4.78 is 0. The molecule has 0 radical (unpaired) electrons. The van der Waals surface area contributed by atoms with E-state index in [4.69, 9.17) is 5.73 Å². The first-order chi connectivity index (χ1) is 10.2. The molecule has 3 rings (SSSR count). The summed E-state index contributed by atoms with van der Waals surface area (Å²) in [6, 6.07) is 19.2. The molecule has 0 aliphatic heterocycles. The van der Waals surface area contributed by atoms with Gasteiger partial charge >= 0.3 is 0 Å². The van der Waals surface area contributed by atoms with Gasteiger partial charge in [-0.25, -0.2) is 0 Å². The molecule has 2 N–H and O–H groups in total. The highest BCUT2D eigenvalue weighted by Gasteiger charge is 2.25. The van der Waals surface area contributed by atoms with E-state index in [9.17, 15) is 0 Å². The second-order valence-electron chi connectivity index (χ2n) is 5.86. The highest BCUT2D eigenvalue weighted by atomic mass is 14.6. The van der Waals surface area contributed by atoms with Crippen LogP contribution in [-0.4, -0.2) is 11.5 Å². The summed E-state index contributed by atoms with van der Waals surface area (Å²) in [5, 5.41) is 2.54. The van der Waals surface area contributed by atoms with Crippen molar-refractivity contribution in [2.24, 2.45) is 5.73 Å². The summed E-state index contributed by atoms with van der Waals surface area (Å²) in [4.78, 5) is 4.08. The first-order valence-electron chi connectivity index (χ1n) is 7.29. The van der Waals surface area contributed by atoms with Crippen molar-refractivity contribution in [2.45, 2.75) is 18.8 Å². The number of benzene rings is 2. The van der Waals surface area contributed by atoms with Crippen molar-refractivity contribution in [2.75, 3.05) is 6.54 Å². The smallest absolute Gasteiger partial charge is 0.0270 e. The van der Waals surface area contributed by atoms with E-state index in [1.807, 2.05) is 12.4 Å². The number of nitrogens with two attached hydrogens (primary N) is 1. The van der Waals surface area contributed by atoms with Crippen LogP contribution < -0.4 is 5.73 Å². The molecule has 21 heavy (non-hydrogen) atoms. The highest BCUT2D eigenvalue weighted by molar-refractivity contribution is 5.83. The molecule has 1 unspecified atom stereocenters. The number of rotatable bonds is 4. The van der Waals surface area contributed by atoms with Crippen LogP contribution in [0.1, 0.15) is 18.1 Å². The average molecular weight is 276 g/mol. The monoisotopic (exact) mass is 276 g/mol. The molecular formula is C19H20N2. The summed E-state index contributed by atoms with van der Waals surface area (Å²) in [5.74, 6) is 0. The molecule has 0 amide bonds. The topological polar surface area (TPSA) is 38.9 Å². The molecule has 106 valence electrons. The minimum Gasteiger partial charge on any atom is -0.330 e. The zero-order valence-electron chi connectivity index (χ0n) is 12.3. The van der Waals surface area contributed by atoms with Crippen LogP contribution in [0.3, 0.4) is 0 Å². The third-order valence-corrected chi connectivity index (χ3v) is 4.24. The maximum atomic E-state index is 6.12. The molecule has 0 spiro atoms. The lowest BCUT2D eigenvalue weighted by Gasteiger charge is -2.29. The molecule has 0 bridgehead atoms. The van der Waals surface area contributed by atoms with Crippen molar-refractivity contribution in [3.8, 4) is 0 Å². The lowest BCUT2D eigenvalue weighted by Crippen LogP contribution is -2.34. The van der Waals surface area contributed by atoms with Gasteiger partial charge < -0.3 is 5.73 Å². The molecule has 1 heterocycles. The zero-order valence-corrected chi connectivity index (χ0v) is 12.3. The van der Waals surface area contributed by atoms with Gasteiger partial charge in [-0.2, -0.15) is 0 Å². The molecule has 2 aromatic carbocycles. The summed E-state index contributed by atoms with van der Waals surface area (Å²) in [5.41, 5.74) is 8.61. The van der Waals surface area contributed by atoms with Crippen molar-refractivity contribution < 1.29 is 0 Å². The quantitative estimate of drug-likeness (QED) is 0.789. The lowest BCUT2D eigenvalue weighted by atomic mass is 9.77. The summed E-state index contributed by atoms with van der Waals surface area (Å²) in [6.45, 7) is 2.85. The molecule has 1 atom stereocenters. The Bertz CT molecular complexity index is 737. The first-order valence-corrected chi connectivity index (χ1v) is 7.29. The molecular weight excluding hydrogens is 256 g/mol. The van der Waals surface area contributed by atoms with Gasteiger partial charge in [-0.1, -0.05) is 49.4 Å². The van der Waals surface area contributed by atoms with Gasteiger partial charge in [0.2, 0.25) is 0 Å². The normalized spacial score (nSPS) is 14.0. The number of hydrogen-bond acceptors (Lipinski definition) is 2. The van der Waals surface area contributed by atoms with Gasteiger partial charge in [0.25, 0.3) is 0 Å². The van der Waals surface area contributed by atoms with Gasteiger partial charge in [0.05, 0.1) is 0 Å². The van der Waals surface area contributed by atoms with Crippen LogP contribution in [0.5, 0.6) is 0 Å². The highest BCUT2D eigenvalue weighted by Crippen LogP contribution is 2.29. The second-order valence-corrected chi connectivity index (χ2v) is 5.86. The maximum absolute atomic E-state index is 6.12. The van der Waals surface area contributed by atoms with E-state index < -0.39 is 0 Å². The Balaban J connectivity index is 2.00. The summed E-state index contributed by atoms with van der Waals surface area (Å²) in [7, 11) is 0. The Morgan fingerprint density at radius 3 is 2.38 bits per heavy atom. The molecule has 2 heteroatoms. The second kappa shape index (κ2) is 5.66. The molecule has 3 aromatic rings.